The molecule has 2 rings (SSSR count). The zero-order valence-electron chi connectivity index (χ0n) is 9.61. The SMILES string of the molecule is Cc1nccc(-c2cncc(C(F)F)c2)c1C. The Morgan fingerprint density at radius 2 is 1.94 bits per heavy atom. The van der Waals surface area contributed by atoms with Crippen LogP contribution in [-0.4, -0.2) is 9.97 Å². The topological polar surface area (TPSA) is 25.8 Å². The molecule has 2 nitrogen and oxygen atoms in total. The van der Waals surface area contributed by atoms with E-state index in [-0.39, 0.29) is 5.56 Å². The molecule has 2 aromatic rings. The largest absolute Gasteiger partial charge is 0.265 e. The summed E-state index contributed by atoms with van der Waals surface area (Å²) in [5.41, 5.74) is 3.42. The van der Waals surface area contributed by atoms with Crippen LogP contribution in [0, 0.1) is 13.8 Å². The minimum atomic E-state index is -2.49. The van der Waals surface area contributed by atoms with Gasteiger partial charge >= 0.3 is 0 Å². The van der Waals surface area contributed by atoms with Gasteiger partial charge in [0.2, 0.25) is 0 Å². The van der Waals surface area contributed by atoms with E-state index in [1.165, 1.54) is 12.3 Å². The van der Waals surface area contributed by atoms with E-state index in [1.807, 2.05) is 19.9 Å². The van der Waals surface area contributed by atoms with Gasteiger partial charge in [0.15, 0.2) is 0 Å². The molecule has 0 saturated carbocycles. The van der Waals surface area contributed by atoms with Gasteiger partial charge < -0.3 is 0 Å². The zero-order chi connectivity index (χ0) is 12.4. The second-order valence-corrected chi connectivity index (χ2v) is 3.88. The Kier molecular flexibility index (Phi) is 3.13. The van der Waals surface area contributed by atoms with Crippen molar-refractivity contribution in [1.29, 1.82) is 0 Å². The molecule has 0 N–H and O–H groups in total. The first kappa shape index (κ1) is 11.6. The lowest BCUT2D eigenvalue weighted by Gasteiger charge is -2.08. The number of hydrogen-bond donors (Lipinski definition) is 0. The molecule has 0 atom stereocenters. The van der Waals surface area contributed by atoms with E-state index >= 15 is 0 Å². The highest BCUT2D eigenvalue weighted by Gasteiger charge is 2.10. The first-order chi connectivity index (χ1) is 8.09. The summed E-state index contributed by atoms with van der Waals surface area (Å²) in [5, 5.41) is 0. The van der Waals surface area contributed by atoms with Gasteiger partial charge in [-0.25, -0.2) is 8.78 Å². The third kappa shape index (κ3) is 2.30. The van der Waals surface area contributed by atoms with Gasteiger partial charge in [-0.05, 0) is 37.1 Å². The molecule has 0 saturated heterocycles. The maximum absolute atomic E-state index is 12.6. The van der Waals surface area contributed by atoms with Crippen molar-refractivity contribution >= 4 is 0 Å². The summed E-state index contributed by atoms with van der Waals surface area (Å²) < 4.78 is 25.2. The van der Waals surface area contributed by atoms with Crippen molar-refractivity contribution in [2.75, 3.05) is 0 Å². The lowest BCUT2D eigenvalue weighted by Crippen LogP contribution is -1.93. The smallest absolute Gasteiger partial charge is 0.264 e. The summed E-state index contributed by atoms with van der Waals surface area (Å²) in [6.45, 7) is 3.82. The molecule has 0 radical (unpaired) electrons. The minimum Gasteiger partial charge on any atom is -0.264 e. The number of nitrogens with zero attached hydrogens (tertiary/aromatic N) is 2. The summed E-state index contributed by atoms with van der Waals surface area (Å²) in [7, 11) is 0. The van der Waals surface area contributed by atoms with Gasteiger partial charge in [-0.15, -0.1) is 0 Å². The highest BCUT2D eigenvalue weighted by Crippen LogP contribution is 2.27. The van der Waals surface area contributed by atoms with E-state index in [2.05, 4.69) is 9.97 Å². The molecule has 0 unspecified atom stereocenters. The Morgan fingerprint density at radius 1 is 1.18 bits per heavy atom. The van der Waals surface area contributed by atoms with E-state index < -0.39 is 6.43 Å². The molecule has 0 spiro atoms. The Labute approximate surface area is 98.4 Å². The average molecular weight is 234 g/mol. The first-order valence-corrected chi connectivity index (χ1v) is 5.25. The van der Waals surface area contributed by atoms with Crippen LogP contribution in [0.5, 0.6) is 0 Å². The minimum absolute atomic E-state index is 0.0589. The van der Waals surface area contributed by atoms with E-state index in [1.54, 1.807) is 12.4 Å². The Morgan fingerprint density at radius 3 is 2.65 bits per heavy atom. The quantitative estimate of drug-likeness (QED) is 0.791. The highest BCUT2D eigenvalue weighted by atomic mass is 19.3. The maximum Gasteiger partial charge on any atom is 0.265 e. The lowest BCUT2D eigenvalue weighted by atomic mass is 10.0. The van der Waals surface area contributed by atoms with Gasteiger partial charge in [0.05, 0.1) is 0 Å². The second kappa shape index (κ2) is 4.57. The number of pyridine rings is 2. The Bertz CT molecular complexity index is 539. The first-order valence-electron chi connectivity index (χ1n) is 5.25. The van der Waals surface area contributed by atoms with E-state index in [0.717, 1.165) is 16.8 Å². The fraction of sp³-hybridized carbons (Fsp3) is 0.231. The molecular weight excluding hydrogens is 222 g/mol. The van der Waals surface area contributed by atoms with Crippen LogP contribution >= 0.6 is 0 Å². The monoisotopic (exact) mass is 234 g/mol. The molecule has 0 aliphatic rings. The summed E-state index contributed by atoms with van der Waals surface area (Å²) in [4.78, 5) is 8.01. The van der Waals surface area contributed by atoms with E-state index in [9.17, 15) is 8.78 Å². The second-order valence-electron chi connectivity index (χ2n) is 3.88. The number of aromatic nitrogens is 2. The van der Waals surface area contributed by atoms with Crippen molar-refractivity contribution in [2.45, 2.75) is 20.3 Å². The van der Waals surface area contributed by atoms with Crippen molar-refractivity contribution in [2.24, 2.45) is 0 Å². The van der Waals surface area contributed by atoms with Gasteiger partial charge in [0, 0.05) is 35.4 Å². The van der Waals surface area contributed by atoms with Crippen molar-refractivity contribution < 1.29 is 8.78 Å². The van der Waals surface area contributed by atoms with Crippen molar-refractivity contribution in [3.8, 4) is 11.1 Å². The highest BCUT2D eigenvalue weighted by molar-refractivity contribution is 5.67. The summed E-state index contributed by atoms with van der Waals surface area (Å²) >= 11 is 0. The maximum atomic E-state index is 12.6. The molecule has 0 aromatic carbocycles. The molecule has 17 heavy (non-hydrogen) atoms. The molecule has 0 aliphatic heterocycles. The Balaban J connectivity index is 2.53. The predicted molar refractivity (Wildman–Crippen MR) is 61.9 cm³/mol. The van der Waals surface area contributed by atoms with Crippen LogP contribution in [0.1, 0.15) is 23.2 Å². The fourth-order valence-corrected chi connectivity index (χ4v) is 1.68. The Hall–Kier alpha value is -1.84. The van der Waals surface area contributed by atoms with Crippen LogP contribution in [0.25, 0.3) is 11.1 Å². The summed E-state index contributed by atoms with van der Waals surface area (Å²) in [6.07, 6.45) is 1.96. The van der Waals surface area contributed by atoms with Crippen molar-refractivity contribution in [3.63, 3.8) is 0 Å². The van der Waals surface area contributed by atoms with Crippen LogP contribution in [0.3, 0.4) is 0 Å². The standard InChI is InChI=1S/C13H12F2N2/c1-8-9(2)17-4-3-12(8)10-5-11(13(14)15)7-16-6-10/h3-7,13H,1-2H3. The third-order valence-electron chi connectivity index (χ3n) is 2.78. The molecule has 0 aliphatic carbocycles. The van der Waals surface area contributed by atoms with Gasteiger partial charge in [-0.1, -0.05) is 0 Å². The normalized spacial score (nSPS) is 10.9. The predicted octanol–water partition coefficient (Wildman–Crippen LogP) is 3.70. The van der Waals surface area contributed by atoms with Crippen LogP contribution in [0.15, 0.2) is 30.7 Å². The zero-order valence-corrected chi connectivity index (χ0v) is 9.61. The average Bonchev–Trinajstić information content (AvgIpc) is 2.33. The van der Waals surface area contributed by atoms with E-state index in [4.69, 9.17) is 0 Å². The molecule has 2 heterocycles. The molecule has 4 heteroatoms. The molecular formula is C13H12F2N2. The number of rotatable bonds is 2. The van der Waals surface area contributed by atoms with Crippen LogP contribution < -0.4 is 0 Å². The molecule has 0 bridgehead atoms. The fourth-order valence-electron chi connectivity index (χ4n) is 1.68. The molecule has 0 fully saturated rings. The van der Waals surface area contributed by atoms with Gasteiger partial charge in [-0.2, -0.15) is 0 Å². The number of halogens is 2. The summed E-state index contributed by atoms with van der Waals surface area (Å²) in [5.74, 6) is 0. The molecule has 88 valence electrons. The van der Waals surface area contributed by atoms with Gasteiger partial charge in [0.1, 0.15) is 0 Å². The van der Waals surface area contributed by atoms with Gasteiger partial charge in [-0.3, -0.25) is 9.97 Å². The van der Waals surface area contributed by atoms with Crippen molar-refractivity contribution in [3.05, 3.63) is 47.5 Å². The summed E-state index contributed by atoms with van der Waals surface area (Å²) in [6, 6.07) is 3.29. The van der Waals surface area contributed by atoms with Crippen molar-refractivity contribution in [1.82, 2.24) is 9.97 Å². The van der Waals surface area contributed by atoms with Gasteiger partial charge in [0.25, 0.3) is 6.43 Å². The third-order valence-corrected chi connectivity index (χ3v) is 2.78. The van der Waals surface area contributed by atoms with Crippen LogP contribution in [-0.2, 0) is 0 Å². The number of hydrogen-bond acceptors (Lipinski definition) is 2. The molecule has 2 aromatic heterocycles. The number of alkyl halides is 2. The molecule has 0 amide bonds. The van der Waals surface area contributed by atoms with Crippen LogP contribution in [0.4, 0.5) is 8.78 Å². The number of aryl methyl sites for hydroxylation is 1. The lowest BCUT2D eigenvalue weighted by molar-refractivity contribution is 0.151. The van der Waals surface area contributed by atoms with Crippen LogP contribution in [0.2, 0.25) is 0 Å². The van der Waals surface area contributed by atoms with E-state index in [0.29, 0.717) is 5.56 Å².